The first kappa shape index (κ1) is 18.3. The molecule has 0 bridgehead atoms. The molecule has 0 aliphatic carbocycles. The molecule has 0 fully saturated rings. The lowest BCUT2D eigenvalue weighted by atomic mass is 10.0. The SMILES string of the molecule is CCCCCCC(N)c1cc(OCC)c(OCC)cc1Br. The zero-order valence-electron chi connectivity index (χ0n) is 13.5. The highest BCUT2D eigenvalue weighted by atomic mass is 79.9. The number of halogens is 1. The highest BCUT2D eigenvalue weighted by Gasteiger charge is 2.15. The number of hydrogen-bond donors (Lipinski definition) is 1. The van der Waals surface area contributed by atoms with E-state index in [-0.39, 0.29) is 6.04 Å². The van der Waals surface area contributed by atoms with Gasteiger partial charge in [0, 0.05) is 10.5 Å². The third-order valence-electron chi connectivity index (χ3n) is 3.43. The van der Waals surface area contributed by atoms with Gasteiger partial charge in [-0.3, -0.25) is 0 Å². The van der Waals surface area contributed by atoms with Gasteiger partial charge in [0.15, 0.2) is 11.5 Å². The Bertz CT molecular complexity index is 423. The molecule has 0 amide bonds. The fourth-order valence-corrected chi connectivity index (χ4v) is 2.93. The first-order valence-corrected chi connectivity index (χ1v) is 8.77. The standard InChI is InChI=1S/C17H28BrNO2/c1-4-7-8-9-10-15(19)13-11-16(20-5-2)17(21-6-3)12-14(13)18/h11-12,15H,4-10,19H2,1-3H3. The van der Waals surface area contributed by atoms with Gasteiger partial charge in [-0.15, -0.1) is 0 Å². The van der Waals surface area contributed by atoms with Gasteiger partial charge < -0.3 is 15.2 Å². The Morgan fingerprint density at radius 1 is 1.00 bits per heavy atom. The summed E-state index contributed by atoms with van der Waals surface area (Å²) in [6, 6.07) is 4.02. The molecule has 0 aromatic heterocycles. The minimum absolute atomic E-state index is 0.0334. The van der Waals surface area contributed by atoms with Gasteiger partial charge >= 0.3 is 0 Å². The van der Waals surface area contributed by atoms with E-state index in [0.717, 1.165) is 28.0 Å². The number of hydrogen-bond acceptors (Lipinski definition) is 3. The monoisotopic (exact) mass is 357 g/mol. The summed E-state index contributed by atoms with van der Waals surface area (Å²) in [7, 11) is 0. The van der Waals surface area contributed by atoms with Crippen LogP contribution in [-0.4, -0.2) is 13.2 Å². The summed E-state index contributed by atoms with van der Waals surface area (Å²) in [5.74, 6) is 1.55. The minimum Gasteiger partial charge on any atom is -0.490 e. The second kappa shape index (κ2) is 10.1. The van der Waals surface area contributed by atoms with Crippen molar-refractivity contribution in [1.29, 1.82) is 0 Å². The molecule has 1 unspecified atom stereocenters. The van der Waals surface area contributed by atoms with Crippen molar-refractivity contribution in [3.8, 4) is 11.5 Å². The van der Waals surface area contributed by atoms with Gasteiger partial charge in [0.25, 0.3) is 0 Å². The number of nitrogens with two attached hydrogens (primary N) is 1. The Morgan fingerprint density at radius 3 is 2.19 bits per heavy atom. The van der Waals surface area contributed by atoms with Crippen molar-refractivity contribution in [1.82, 2.24) is 0 Å². The largest absolute Gasteiger partial charge is 0.490 e. The lowest BCUT2D eigenvalue weighted by molar-refractivity contribution is 0.287. The number of ether oxygens (including phenoxy) is 2. The van der Waals surface area contributed by atoms with Crippen LogP contribution in [0.4, 0.5) is 0 Å². The van der Waals surface area contributed by atoms with E-state index in [9.17, 15) is 0 Å². The fraction of sp³-hybridized carbons (Fsp3) is 0.647. The van der Waals surface area contributed by atoms with Gasteiger partial charge in [0.2, 0.25) is 0 Å². The average Bonchev–Trinajstić information content (AvgIpc) is 2.46. The smallest absolute Gasteiger partial charge is 0.162 e. The molecular weight excluding hydrogens is 330 g/mol. The van der Waals surface area contributed by atoms with Gasteiger partial charge in [0.1, 0.15) is 0 Å². The van der Waals surface area contributed by atoms with E-state index in [2.05, 4.69) is 22.9 Å². The van der Waals surface area contributed by atoms with Crippen LogP contribution in [-0.2, 0) is 0 Å². The lowest BCUT2D eigenvalue weighted by Gasteiger charge is -2.18. The van der Waals surface area contributed by atoms with Crippen LogP contribution < -0.4 is 15.2 Å². The van der Waals surface area contributed by atoms with E-state index in [1.54, 1.807) is 0 Å². The number of rotatable bonds is 10. The van der Waals surface area contributed by atoms with Crippen molar-refractivity contribution >= 4 is 15.9 Å². The first-order chi connectivity index (χ1) is 10.1. The van der Waals surface area contributed by atoms with Gasteiger partial charge in [-0.05, 0) is 38.0 Å². The Morgan fingerprint density at radius 2 is 1.62 bits per heavy atom. The van der Waals surface area contributed by atoms with Crippen molar-refractivity contribution < 1.29 is 9.47 Å². The molecule has 21 heavy (non-hydrogen) atoms. The van der Waals surface area contributed by atoms with E-state index in [1.807, 2.05) is 26.0 Å². The summed E-state index contributed by atoms with van der Waals surface area (Å²) in [5.41, 5.74) is 7.44. The molecule has 120 valence electrons. The zero-order valence-corrected chi connectivity index (χ0v) is 15.0. The molecule has 0 heterocycles. The van der Waals surface area contributed by atoms with Crippen molar-refractivity contribution in [2.45, 2.75) is 58.9 Å². The second-order valence-electron chi connectivity index (χ2n) is 5.14. The van der Waals surface area contributed by atoms with Crippen molar-refractivity contribution in [2.75, 3.05) is 13.2 Å². The van der Waals surface area contributed by atoms with Crippen LogP contribution in [0.15, 0.2) is 16.6 Å². The molecule has 4 heteroatoms. The topological polar surface area (TPSA) is 44.5 Å². The summed E-state index contributed by atoms with van der Waals surface area (Å²) in [5, 5.41) is 0. The minimum atomic E-state index is 0.0334. The van der Waals surface area contributed by atoms with Crippen molar-refractivity contribution in [3.05, 3.63) is 22.2 Å². The normalized spacial score (nSPS) is 12.2. The fourth-order valence-electron chi connectivity index (χ4n) is 2.32. The van der Waals surface area contributed by atoms with Crippen molar-refractivity contribution in [2.24, 2.45) is 5.73 Å². The van der Waals surface area contributed by atoms with Gasteiger partial charge in [-0.1, -0.05) is 48.5 Å². The highest BCUT2D eigenvalue weighted by Crippen LogP contribution is 2.37. The van der Waals surface area contributed by atoms with Crippen LogP contribution in [0.5, 0.6) is 11.5 Å². The van der Waals surface area contributed by atoms with Crippen LogP contribution in [0.25, 0.3) is 0 Å². The predicted octanol–water partition coefficient (Wildman–Crippen LogP) is 5.22. The predicted molar refractivity (Wildman–Crippen MR) is 92.2 cm³/mol. The zero-order chi connectivity index (χ0) is 15.7. The van der Waals surface area contributed by atoms with Gasteiger partial charge in [-0.25, -0.2) is 0 Å². The van der Waals surface area contributed by atoms with E-state index >= 15 is 0 Å². The van der Waals surface area contributed by atoms with Crippen LogP contribution in [0.3, 0.4) is 0 Å². The maximum atomic E-state index is 6.34. The summed E-state index contributed by atoms with van der Waals surface area (Å²) < 4.78 is 12.3. The number of benzene rings is 1. The molecule has 1 aromatic carbocycles. The van der Waals surface area contributed by atoms with Crippen LogP contribution >= 0.6 is 15.9 Å². The molecule has 0 saturated heterocycles. The Balaban J connectivity index is 2.82. The number of unbranched alkanes of at least 4 members (excludes halogenated alkanes) is 3. The summed E-state index contributed by atoms with van der Waals surface area (Å²) in [6.07, 6.45) is 5.94. The molecule has 1 aromatic rings. The van der Waals surface area contributed by atoms with E-state index in [4.69, 9.17) is 15.2 Å². The van der Waals surface area contributed by atoms with Crippen LogP contribution in [0, 0.1) is 0 Å². The maximum Gasteiger partial charge on any atom is 0.162 e. The Labute approximate surface area is 137 Å². The van der Waals surface area contributed by atoms with E-state index < -0.39 is 0 Å². The third-order valence-corrected chi connectivity index (χ3v) is 4.12. The second-order valence-corrected chi connectivity index (χ2v) is 6.00. The first-order valence-electron chi connectivity index (χ1n) is 7.98. The Hall–Kier alpha value is -0.740. The van der Waals surface area contributed by atoms with E-state index in [0.29, 0.717) is 13.2 Å². The van der Waals surface area contributed by atoms with E-state index in [1.165, 1.54) is 25.7 Å². The van der Waals surface area contributed by atoms with Gasteiger partial charge in [0.05, 0.1) is 13.2 Å². The molecular formula is C17H28BrNO2. The van der Waals surface area contributed by atoms with Gasteiger partial charge in [-0.2, -0.15) is 0 Å². The molecule has 1 atom stereocenters. The maximum absolute atomic E-state index is 6.34. The van der Waals surface area contributed by atoms with Crippen molar-refractivity contribution in [3.63, 3.8) is 0 Å². The summed E-state index contributed by atoms with van der Waals surface area (Å²) in [6.45, 7) is 7.40. The highest BCUT2D eigenvalue weighted by molar-refractivity contribution is 9.10. The molecule has 3 nitrogen and oxygen atoms in total. The molecule has 2 N–H and O–H groups in total. The molecule has 1 rings (SSSR count). The molecule has 0 aliphatic heterocycles. The third kappa shape index (κ3) is 5.87. The van der Waals surface area contributed by atoms with Crippen LogP contribution in [0.2, 0.25) is 0 Å². The summed E-state index contributed by atoms with van der Waals surface area (Å²) in [4.78, 5) is 0. The lowest BCUT2D eigenvalue weighted by Crippen LogP contribution is -2.12. The Kier molecular flexibility index (Phi) is 8.77. The molecule has 0 aliphatic rings. The molecule has 0 saturated carbocycles. The van der Waals surface area contributed by atoms with Crippen LogP contribution in [0.1, 0.15) is 64.5 Å². The average molecular weight is 358 g/mol. The quantitative estimate of drug-likeness (QED) is 0.584. The molecule has 0 spiro atoms. The summed E-state index contributed by atoms with van der Waals surface area (Å²) >= 11 is 3.61. The molecule has 0 radical (unpaired) electrons.